The molecule has 0 bridgehead atoms. The smallest absolute Gasteiger partial charge is 0.257 e. The first-order valence-electron chi connectivity index (χ1n) is 8.15. The minimum Gasteiger partial charge on any atom is -0.486 e. The molecule has 1 N–H and O–H groups in total. The zero-order valence-electron chi connectivity index (χ0n) is 13.7. The number of pyridine rings is 1. The molecule has 7 nitrogen and oxygen atoms in total. The average molecular weight is 339 g/mol. The molecular weight excluding hydrogens is 322 g/mol. The Morgan fingerprint density at radius 1 is 1.32 bits per heavy atom. The quantitative estimate of drug-likeness (QED) is 0.785. The molecule has 4 rings (SSSR count). The molecule has 1 aromatic carbocycles. The lowest BCUT2D eigenvalue weighted by atomic mass is 10.1. The molecule has 0 radical (unpaired) electrons. The van der Waals surface area contributed by atoms with Crippen molar-refractivity contribution in [3.63, 3.8) is 0 Å². The van der Waals surface area contributed by atoms with Crippen LogP contribution in [0.5, 0.6) is 11.5 Å². The summed E-state index contributed by atoms with van der Waals surface area (Å²) >= 11 is 0. The van der Waals surface area contributed by atoms with Crippen molar-refractivity contribution in [2.45, 2.75) is 19.4 Å². The maximum absolute atomic E-state index is 12.4. The summed E-state index contributed by atoms with van der Waals surface area (Å²) in [6.07, 6.45) is 1.96. The Bertz CT molecular complexity index is 922. The van der Waals surface area contributed by atoms with E-state index in [0.29, 0.717) is 36.6 Å². The standard InChI is InChI=1S/C18H17N3O4/c1-2-14-13-7-11(8-20-18(13)25-21-14)17(22)19-9-12-10-23-15-5-3-4-6-16(15)24-12/h3-8,12H,2,9-10H2,1H3,(H,19,22). The number of carbonyl (C=O) groups excluding carboxylic acids is 1. The Kier molecular flexibility index (Phi) is 3.97. The summed E-state index contributed by atoms with van der Waals surface area (Å²) in [5.74, 6) is 1.19. The maximum Gasteiger partial charge on any atom is 0.257 e. The Hall–Kier alpha value is -3.09. The van der Waals surface area contributed by atoms with Crippen molar-refractivity contribution in [3.05, 3.63) is 47.8 Å². The van der Waals surface area contributed by atoms with E-state index in [0.717, 1.165) is 16.8 Å². The van der Waals surface area contributed by atoms with E-state index in [9.17, 15) is 4.79 Å². The molecule has 3 aromatic rings. The summed E-state index contributed by atoms with van der Waals surface area (Å²) in [7, 11) is 0. The SMILES string of the molecule is CCc1noc2ncc(C(=O)NCC3COc4ccccc4O3)cc12. The molecule has 7 heteroatoms. The van der Waals surface area contributed by atoms with E-state index >= 15 is 0 Å². The Labute approximate surface area is 143 Å². The van der Waals surface area contributed by atoms with E-state index in [2.05, 4.69) is 15.5 Å². The van der Waals surface area contributed by atoms with E-state index in [-0.39, 0.29) is 12.0 Å². The summed E-state index contributed by atoms with van der Waals surface area (Å²) in [6, 6.07) is 9.23. The van der Waals surface area contributed by atoms with Gasteiger partial charge >= 0.3 is 0 Å². The Morgan fingerprint density at radius 3 is 3.00 bits per heavy atom. The molecule has 1 aliphatic rings. The van der Waals surface area contributed by atoms with E-state index in [1.807, 2.05) is 31.2 Å². The van der Waals surface area contributed by atoms with Gasteiger partial charge in [0.05, 0.1) is 23.2 Å². The Balaban J connectivity index is 1.42. The van der Waals surface area contributed by atoms with Crippen LogP contribution in [0.1, 0.15) is 23.0 Å². The second-order valence-corrected chi connectivity index (χ2v) is 5.77. The van der Waals surface area contributed by atoms with Crippen molar-refractivity contribution in [3.8, 4) is 11.5 Å². The van der Waals surface area contributed by atoms with Gasteiger partial charge in [0.15, 0.2) is 11.5 Å². The van der Waals surface area contributed by atoms with E-state index in [4.69, 9.17) is 14.0 Å². The number of nitrogens with one attached hydrogen (secondary N) is 1. The van der Waals surface area contributed by atoms with Gasteiger partial charge in [-0.05, 0) is 24.6 Å². The summed E-state index contributed by atoms with van der Waals surface area (Å²) in [6.45, 7) is 2.71. The van der Waals surface area contributed by atoms with Crippen LogP contribution in [-0.2, 0) is 6.42 Å². The highest BCUT2D eigenvalue weighted by molar-refractivity contribution is 5.97. The largest absolute Gasteiger partial charge is 0.486 e. The number of aromatic nitrogens is 2. The van der Waals surface area contributed by atoms with Gasteiger partial charge < -0.3 is 19.3 Å². The van der Waals surface area contributed by atoms with Gasteiger partial charge in [0.2, 0.25) is 0 Å². The van der Waals surface area contributed by atoms with Crippen LogP contribution < -0.4 is 14.8 Å². The molecule has 25 heavy (non-hydrogen) atoms. The highest BCUT2D eigenvalue weighted by atomic mass is 16.6. The molecule has 1 aliphatic heterocycles. The first-order valence-corrected chi connectivity index (χ1v) is 8.15. The molecule has 0 fully saturated rings. The van der Waals surface area contributed by atoms with E-state index < -0.39 is 0 Å². The third kappa shape index (κ3) is 3.00. The first kappa shape index (κ1) is 15.4. The van der Waals surface area contributed by atoms with Crippen molar-refractivity contribution in [1.82, 2.24) is 15.5 Å². The van der Waals surface area contributed by atoms with Gasteiger partial charge in [0.1, 0.15) is 12.7 Å². The number of benzene rings is 1. The van der Waals surface area contributed by atoms with Crippen LogP contribution in [-0.4, -0.2) is 35.3 Å². The van der Waals surface area contributed by atoms with Crippen LogP contribution in [0.4, 0.5) is 0 Å². The fourth-order valence-electron chi connectivity index (χ4n) is 2.73. The lowest BCUT2D eigenvalue weighted by Crippen LogP contribution is -2.40. The summed E-state index contributed by atoms with van der Waals surface area (Å²) in [5, 5.41) is 7.57. The highest BCUT2D eigenvalue weighted by Crippen LogP contribution is 2.30. The summed E-state index contributed by atoms with van der Waals surface area (Å²) in [4.78, 5) is 16.5. The fourth-order valence-corrected chi connectivity index (χ4v) is 2.73. The number of carbonyl (C=O) groups is 1. The Morgan fingerprint density at radius 2 is 2.16 bits per heavy atom. The number of aryl methyl sites for hydroxylation is 1. The van der Waals surface area contributed by atoms with E-state index in [1.165, 1.54) is 6.20 Å². The molecule has 0 spiro atoms. The van der Waals surface area contributed by atoms with Gasteiger partial charge in [0.25, 0.3) is 11.6 Å². The van der Waals surface area contributed by atoms with Gasteiger partial charge in [-0.1, -0.05) is 24.2 Å². The predicted octanol–water partition coefficient (Wildman–Crippen LogP) is 2.36. The van der Waals surface area contributed by atoms with Gasteiger partial charge in [-0.2, -0.15) is 0 Å². The van der Waals surface area contributed by atoms with Gasteiger partial charge in [-0.15, -0.1) is 0 Å². The third-order valence-electron chi connectivity index (χ3n) is 4.06. The van der Waals surface area contributed by atoms with Crippen molar-refractivity contribution in [1.29, 1.82) is 0 Å². The van der Waals surface area contributed by atoms with Crippen LogP contribution in [0.3, 0.4) is 0 Å². The average Bonchev–Trinajstić information content (AvgIpc) is 3.08. The number of hydrogen-bond acceptors (Lipinski definition) is 6. The highest BCUT2D eigenvalue weighted by Gasteiger charge is 2.21. The minimum atomic E-state index is -0.239. The van der Waals surface area contributed by atoms with Crippen LogP contribution >= 0.6 is 0 Å². The molecule has 2 aromatic heterocycles. The van der Waals surface area contributed by atoms with Crippen LogP contribution in [0.25, 0.3) is 11.1 Å². The second kappa shape index (κ2) is 6.43. The molecule has 1 amide bonds. The molecule has 1 unspecified atom stereocenters. The lowest BCUT2D eigenvalue weighted by molar-refractivity contribution is 0.0789. The van der Waals surface area contributed by atoms with E-state index in [1.54, 1.807) is 6.07 Å². The fraction of sp³-hybridized carbons (Fsp3) is 0.278. The van der Waals surface area contributed by atoms with Gasteiger partial charge in [-0.25, -0.2) is 4.98 Å². The third-order valence-corrected chi connectivity index (χ3v) is 4.06. The topological polar surface area (TPSA) is 86.5 Å². The normalized spacial score (nSPS) is 16.0. The zero-order chi connectivity index (χ0) is 17.2. The van der Waals surface area contributed by atoms with Crippen molar-refractivity contribution in [2.75, 3.05) is 13.2 Å². The number of fused-ring (bicyclic) bond motifs is 2. The van der Waals surface area contributed by atoms with Crippen molar-refractivity contribution < 1.29 is 18.8 Å². The minimum absolute atomic E-state index is 0.222. The van der Waals surface area contributed by atoms with Gasteiger partial charge in [-0.3, -0.25) is 4.79 Å². The predicted molar refractivity (Wildman–Crippen MR) is 89.9 cm³/mol. The first-order chi connectivity index (χ1) is 12.2. The van der Waals surface area contributed by atoms with Crippen molar-refractivity contribution >= 4 is 17.0 Å². The van der Waals surface area contributed by atoms with Gasteiger partial charge in [0, 0.05) is 6.20 Å². The number of para-hydroxylation sites is 2. The lowest BCUT2D eigenvalue weighted by Gasteiger charge is -2.26. The maximum atomic E-state index is 12.4. The molecule has 0 aliphatic carbocycles. The number of nitrogens with zero attached hydrogens (tertiary/aromatic N) is 2. The number of ether oxygens (including phenoxy) is 2. The number of rotatable bonds is 4. The molecular formula is C18H17N3O4. The number of amides is 1. The monoisotopic (exact) mass is 339 g/mol. The molecule has 0 saturated heterocycles. The number of hydrogen-bond donors (Lipinski definition) is 1. The molecule has 0 saturated carbocycles. The molecule has 1 atom stereocenters. The second-order valence-electron chi connectivity index (χ2n) is 5.77. The van der Waals surface area contributed by atoms with Crippen LogP contribution in [0, 0.1) is 0 Å². The van der Waals surface area contributed by atoms with Crippen LogP contribution in [0.15, 0.2) is 41.1 Å². The van der Waals surface area contributed by atoms with Crippen LogP contribution in [0.2, 0.25) is 0 Å². The zero-order valence-corrected chi connectivity index (χ0v) is 13.7. The molecule has 3 heterocycles. The van der Waals surface area contributed by atoms with Crippen molar-refractivity contribution in [2.24, 2.45) is 0 Å². The molecule has 128 valence electrons. The summed E-state index contributed by atoms with van der Waals surface area (Å²) < 4.78 is 16.6. The summed E-state index contributed by atoms with van der Waals surface area (Å²) in [5.41, 5.74) is 1.69.